The van der Waals surface area contributed by atoms with E-state index in [2.05, 4.69) is 15.6 Å². The minimum absolute atomic E-state index is 0.106. The molecule has 0 radical (unpaired) electrons. The molecule has 0 bridgehead atoms. The number of benzene rings is 1. The second kappa shape index (κ2) is 7.34. The standard InChI is InChI=1S/C19H22N4O2/c1-13(2)18-17(14(3)22-25-18)19(24)20-11-15-7-4-5-8-16(15)12-23-10-6-9-21-23/h4-10,13H,11-12H2,1-3H3,(H,20,24). The lowest BCUT2D eigenvalue weighted by molar-refractivity contribution is 0.0947. The van der Waals surface area contributed by atoms with Crippen molar-refractivity contribution in [2.75, 3.05) is 0 Å². The fourth-order valence-electron chi connectivity index (χ4n) is 2.77. The Morgan fingerprint density at radius 2 is 2.00 bits per heavy atom. The molecule has 1 amide bonds. The molecule has 0 aliphatic heterocycles. The Morgan fingerprint density at radius 3 is 2.68 bits per heavy atom. The second-order valence-corrected chi connectivity index (χ2v) is 6.32. The molecule has 0 spiro atoms. The zero-order valence-electron chi connectivity index (χ0n) is 14.7. The monoisotopic (exact) mass is 338 g/mol. The molecule has 0 saturated heterocycles. The first-order valence-corrected chi connectivity index (χ1v) is 8.35. The summed E-state index contributed by atoms with van der Waals surface area (Å²) in [5.74, 6) is 0.574. The number of nitrogens with one attached hydrogen (secondary N) is 1. The first kappa shape index (κ1) is 17.0. The molecule has 0 saturated carbocycles. The summed E-state index contributed by atoms with van der Waals surface area (Å²) in [5, 5.41) is 11.2. The molecule has 0 aliphatic carbocycles. The number of aryl methyl sites for hydroxylation is 1. The van der Waals surface area contributed by atoms with Crippen LogP contribution in [-0.4, -0.2) is 20.8 Å². The molecule has 1 N–H and O–H groups in total. The maximum absolute atomic E-state index is 12.6. The van der Waals surface area contributed by atoms with Crippen molar-refractivity contribution in [2.24, 2.45) is 0 Å². The normalized spacial score (nSPS) is 11.0. The summed E-state index contributed by atoms with van der Waals surface area (Å²) < 4.78 is 7.16. The minimum Gasteiger partial charge on any atom is -0.360 e. The average Bonchev–Trinajstić information content (AvgIpc) is 3.23. The van der Waals surface area contributed by atoms with Gasteiger partial charge in [0.25, 0.3) is 5.91 Å². The zero-order valence-corrected chi connectivity index (χ0v) is 14.7. The van der Waals surface area contributed by atoms with Crippen molar-refractivity contribution in [3.8, 4) is 0 Å². The van der Waals surface area contributed by atoms with Crippen molar-refractivity contribution in [2.45, 2.75) is 39.8 Å². The lowest BCUT2D eigenvalue weighted by Gasteiger charge is -2.11. The first-order chi connectivity index (χ1) is 12.1. The van der Waals surface area contributed by atoms with Crippen LogP contribution in [0.15, 0.2) is 47.2 Å². The fourth-order valence-corrected chi connectivity index (χ4v) is 2.77. The van der Waals surface area contributed by atoms with Gasteiger partial charge in [0.2, 0.25) is 0 Å². The molecule has 3 rings (SSSR count). The molecule has 1 aromatic carbocycles. The van der Waals surface area contributed by atoms with Crippen molar-refractivity contribution in [3.05, 3.63) is 70.9 Å². The molecule has 0 aliphatic rings. The largest absolute Gasteiger partial charge is 0.360 e. The van der Waals surface area contributed by atoms with Crippen LogP contribution in [0, 0.1) is 6.92 Å². The van der Waals surface area contributed by atoms with E-state index in [4.69, 9.17) is 4.52 Å². The van der Waals surface area contributed by atoms with E-state index < -0.39 is 0 Å². The highest BCUT2D eigenvalue weighted by atomic mass is 16.5. The Kier molecular flexibility index (Phi) is 4.97. The highest BCUT2D eigenvalue weighted by Crippen LogP contribution is 2.22. The number of carbonyl (C=O) groups is 1. The SMILES string of the molecule is Cc1noc(C(C)C)c1C(=O)NCc1ccccc1Cn1cccn1. The molecule has 2 aromatic heterocycles. The molecule has 2 heterocycles. The van der Waals surface area contributed by atoms with Crippen LogP contribution in [0.25, 0.3) is 0 Å². The van der Waals surface area contributed by atoms with Gasteiger partial charge in [0.15, 0.2) is 5.76 Å². The Bertz CT molecular complexity index is 850. The number of rotatable bonds is 6. The molecule has 0 fully saturated rings. The summed E-state index contributed by atoms with van der Waals surface area (Å²) in [4.78, 5) is 12.6. The molecule has 3 aromatic rings. The van der Waals surface area contributed by atoms with Crippen LogP contribution >= 0.6 is 0 Å². The lowest BCUT2D eigenvalue weighted by atomic mass is 10.0. The minimum atomic E-state index is -0.156. The van der Waals surface area contributed by atoms with Gasteiger partial charge in [-0.05, 0) is 24.1 Å². The van der Waals surface area contributed by atoms with Crippen LogP contribution in [0.3, 0.4) is 0 Å². The van der Waals surface area contributed by atoms with Gasteiger partial charge in [-0.15, -0.1) is 0 Å². The van der Waals surface area contributed by atoms with Crippen molar-refractivity contribution in [1.29, 1.82) is 0 Å². The second-order valence-electron chi connectivity index (χ2n) is 6.32. The first-order valence-electron chi connectivity index (χ1n) is 8.35. The van der Waals surface area contributed by atoms with Crippen LogP contribution in [0.1, 0.15) is 52.7 Å². The van der Waals surface area contributed by atoms with Crippen LogP contribution in [0.5, 0.6) is 0 Å². The van der Waals surface area contributed by atoms with E-state index >= 15 is 0 Å². The zero-order chi connectivity index (χ0) is 17.8. The summed E-state index contributed by atoms with van der Waals surface area (Å²) in [6.07, 6.45) is 3.68. The highest BCUT2D eigenvalue weighted by Gasteiger charge is 2.22. The topological polar surface area (TPSA) is 73.0 Å². The van der Waals surface area contributed by atoms with Gasteiger partial charge in [0.05, 0.1) is 12.2 Å². The Balaban J connectivity index is 1.74. The third kappa shape index (κ3) is 3.79. The van der Waals surface area contributed by atoms with E-state index in [1.165, 1.54) is 0 Å². The molecule has 25 heavy (non-hydrogen) atoms. The van der Waals surface area contributed by atoms with Gasteiger partial charge in [0, 0.05) is 24.9 Å². The summed E-state index contributed by atoms with van der Waals surface area (Å²) in [6, 6.07) is 9.92. The van der Waals surface area contributed by atoms with Crippen molar-refractivity contribution < 1.29 is 9.32 Å². The molecule has 130 valence electrons. The van der Waals surface area contributed by atoms with Crippen LogP contribution in [0.4, 0.5) is 0 Å². The van der Waals surface area contributed by atoms with Gasteiger partial charge in [-0.1, -0.05) is 43.3 Å². The molecular formula is C19H22N4O2. The Labute approximate surface area is 146 Å². The van der Waals surface area contributed by atoms with Crippen molar-refractivity contribution >= 4 is 5.91 Å². The van der Waals surface area contributed by atoms with Gasteiger partial charge in [-0.3, -0.25) is 9.48 Å². The number of carbonyl (C=O) groups excluding carboxylic acids is 1. The third-order valence-corrected chi connectivity index (χ3v) is 4.09. The number of hydrogen-bond donors (Lipinski definition) is 1. The summed E-state index contributed by atoms with van der Waals surface area (Å²) in [6.45, 7) is 6.86. The maximum Gasteiger partial charge on any atom is 0.257 e. The molecule has 6 nitrogen and oxygen atoms in total. The van der Waals surface area contributed by atoms with Crippen molar-refractivity contribution in [1.82, 2.24) is 20.3 Å². The maximum atomic E-state index is 12.6. The predicted molar refractivity (Wildman–Crippen MR) is 94.3 cm³/mol. The van der Waals surface area contributed by atoms with E-state index in [1.54, 1.807) is 13.1 Å². The Morgan fingerprint density at radius 1 is 1.24 bits per heavy atom. The van der Waals surface area contributed by atoms with E-state index in [0.29, 0.717) is 30.1 Å². The Hall–Kier alpha value is -2.89. The van der Waals surface area contributed by atoms with Gasteiger partial charge in [-0.25, -0.2) is 0 Å². The highest BCUT2D eigenvalue weighted by molar-refractivity contribution is 5.96. The number of nitrogens with zero attached hydrogens (tertiary/aromatic N) is 3. The number of amides is 1. The lowest BCUT2D eigenvalue weighted by Crippen LogP contribution is -2.25. The van der Waals surface area contributed by atoms with E-state index in [9.17, 15) is 4.79 Å². The van der Waals surface area contributed by atoms with Gasteiger partial charge in [0.1, 0.15) is 5.56 Å². The van der Waals surface area contributed by atoms with Crippen LogP contribution in [0.2, 0.25) is 0 Å². The molecule has 0 atom stereocenters. The third-order valence-electron chi connectivity index (χ3n) is 4.09. The summed E-state index contributed by atoms with van der Waals surface area (Å²) in [7, 11) is 0. The molecule has 6 heteroatoms. The predicted octanol–water partition coefficient (Wildman–Crippen LogP) is 3.28. The summed E-state index contributed by atoms with van der Waals surface area (Å²) in [5.41, 5.74) is 3.34. The van der Waals surface area contributed by atoms with Crippen molar-refractivity contribution in [3.63, 3.8) is 0 Å². The smallest absolute Gasteiger partial charge is 0.257 e. The average molecular weight is 338 g/mol. The molecule has 0 unspecified atom stereocenters. The van der Waals surface area contributed by atoms with E-state index in [-0.39, 0.29) is 11.8 Å². The quantitative estimate of drug-likeness (QED) is 0.748. The fraction of sp³-hybridized carbons (Fsp3) is 0.316. The summed E-state index contributed by atoms with van der Waals surface area (Å²) >= 11 is 0. The van der Waals surface area contributed by atoms with E-state index in [0.717, 1.165) is 11.1 Å². The molecular weight excluding hydrogens is 316 g/mol. The van der Waals surface area contributed by atoms with E-state index in [1.807, 2.05) is 55.1 Å². The van der Waals surface area contributed by atoms with Crippen LogP contribution < -0.4 is 5.32 Å². The van der Waals surface area contributed by atoms with Gasteiger partial charge >= 0.3 is 0 Å². The number of hydrogen-bond acceptors (Lipinski definition) is 4. The van der Waals surface area contributed by atoms with Gasteiger partial charge < -0.3 is 9.84 Å². The van der Waals surface area contributed by atoms with Gasteiger partial charge in [-0.2, -0.15) is 5.10 Å². The number of aromatic nitrogens is 3. The van der Waals surface area contributed by atoms with Crippen LogP contribution in [-0.2, 0) is 13.1 Å².